The van der Waals surface area contributed by atoms with Crippen molar-refractivity contribution in [3.63, 3.8) is 0 Å². The number of benzene rings is 1. The maximum Gasteiger partial charge on any atom is 0.228 e. The van der Waals surface area contributed by atoms with Crippen LogP contribution in [0.15, 0.2) is 27.2 Å². The van der Waals surface area contributed by atoms with Crippen LogP contribution in [0.1, 0.15) is 32.2 Å². The Bertz CT molecular complexity index is 587. The molecule has 0 aliphatic heterocycles. The van der Waals surface area contributed by atoms with Crippen LogP contribution in [0.5, 0.6) is 0 Å². The first kappa shape index (κ1) is 15.2. The monoisotopic (exact) mass is 337 g/mol. The van der Waals surface area contributed by atoms with Gasteiger partial charge in [-0.15, -0.1) is 0 Å². The third-order valence-electron chi connectivity index (χ3n) is 2.83. The first-order valence-corrected chi connectivity index (χ1v) is 7.48. The van der Waals surface area contributed by atoms with Gasteiger partial charge in [-0.25, -0.2) is 0 Å². The van der Waals surface area contributed by atoms with Gasteiger partial charge in [0.2, 0.25) is 11.7 Å². The van der Waals surface area contributed by atoms with E-state index in [1.165, 1.54) is 5.56 Å². The van der Waals surface area contributed by atoms with E-state index in [2.05, 4.69) is 52.2 Å². The molecule has 0 radical (unpaired) electrons. The van der Waals surface area contributed by atoms with Crippen molar-refractivity contribution in [2.45, 2.75) is 39.7 Å². The first-order chi connectivity index (χ1) is 9.35. The summed E-state index contributed by atoms with van der Waals surface area (Å²) in [5.41, 5.74) is 2.25. The summed E-state index contributed by atoms with van der Waals surface area (Å²) in [6, 6.07) is 6.09. The Morgan fingerprint density at radius 3 is 2.70 bits per heavy atom. The summed E-state index contributed by atoms with van der Waals surface area (Å²) in [6.07, 6.45) is 0.730. The Labute approximate surface area is 128 Å². The predicted octanol–water partition coefficient (Wildman–Crippen LogP) is 3.74. The van der Waals surface area contributed by atoms with E-state index in [-0.39, 0.29) is 5.54 Å². The number of nitrogens with one attached hydrogen (secondary N) is 1. The van der Waals surface area contributed by atoms with E-state index in [0.717, 1.165) is 23.0 Å². The number of aromatic nitrogens is 2. The fourth-order valence-corrected chi connectivity index (χ4v) is 2.48. The molecule has 108 valence electrons. The zero-order valence-corrected chi connectivity index (χ0v) is 13.9. The van der Waals surface area contributed by atoms with Gasteiger partial charge in [-0.3, -0.25) is 0 Å². The summed E-state index contributed by atoms with van der Waals surface area (Å²) in [5, 5.41) is 7.45. The van der Waals surface area contributed by atoms with Crippen molar-refractivity contribution in [3.8, 4) is 11.4 Å². The molecule has 1 aromatic carbocycles. The minimum absolute atomic E-state index is 0.100. The third kappa shape index (κ3) is 4.15. The Kier molecular flexibility index (Phi) is 4.60. The van der Waals surface area contributed by atoms with Gasteiger partial charge in [0.1, 0.15) is 0 Å². The number of aryl methyl sites for hydroxylation is 1. The number of halogens is 1. The van der Waals surface area contributed by atoms with Crippen LogP contribution in [-0.2, 0) is 6.42 Å². The van der Waals surface area contributed by atoms with Crippen molar-refractivity contribution < 1.29 is 4.52 Å². The topological polar surface area (TPSA) is 51.0 Å². The molecule has 0 saturated heterocycles. The fourth-order valence-electron chi connectivity index (χ4n) is 1.81. The molecule has 0 unspecified atom stereocenters. The molecular formula is C15H20BrN3O. The zero-order valence-electron chi connectivity index (χ0n) is 12.3. The van der Waals surface area contributed by atoms with Crippen LogP contribution in [0.25, 0.3) is 11.4 Å². The Morgan fingerprint density at radius 2 is 2.05 bits per heavy atom. The molecule has 0 spiro atoms. The van der Waals surface area contributed by atoms with Gasteiger partial charge in [-0.2, -0.15) is 4.98 Å². The molecule has 0 fully saturated rings. The average Bonchev–Trinajstić information content (AvgIpc) is 2.75. The summed E-state index contributed by atoms with van der Waals surface area (Å²) >= 11 is 3.54. The fraction of sp³-hybridized carbons (Fsp3) is 0.467. The molecule has 5 heteroatoms. The number of hydrogen-bond donors (Lipinski definition) is 1. The van der Waals surface area contributed by atoms with Crippen molar-refractivity contribution >= 4 is 15.9 Å². The quantitative estimate of drug-likeness (QED) is 0.923. The third-order valence-corrected chi connectivity index (χ3v) is 3.48. The summed E-state index contributed by atoms with van der Waals surface area (Å²) < 4.78 is 6.28. The van der Waals surface area contributed by atoms with Crippen molar-refractivity contribution in [1.82, 2.24) is 15.5 Å². The number of rotatable bonds is 4. The lowest BCUT2D eigenvalue weighted by molar-refractivity contribution is 0.362. The van der Waals surface area contributed by atoms with E-state index in [4.69, 9.17) is 4.52 Å². The van der Waals surface area contributed by atoms with E-state index in [1.54, 1.807) is 0 Å². The van der Waals surface area contributed by atoms with Crippen LogP contribution >= 0.6 is 15.9 Å². The predicted molar refractivity (Wildman–Crippen MR) is 83.6 cm³/mol. The summed E-state index contributed by atoms with van der Waals surface area (Å²) in [4.78, 5) is 4.44. The second-order valence-corrected chi connectivity index (χ2v) is 6.78. The highest BCUT2D eigenvalue weighted by Gasteiger charge is 2.13. The van der Waals surface area contributed by atoms with Gasteiger partial charge in [0.25, 0.3) is 0 Å². The lowest BCUT2D eigenvalue weighted by atomic mass is 10.1. The average molecular weight is 338 g/mol. The van der Waals surface area contributed by atoms with E-state index >= 15 is 0 Å². The van der Waals surface area contributed by atoms with Crippen molar-refractivity contribution in [2.75, 3.05) is 6.54 Å². The van der Waals surface area contributed by atoms with E-state index in [1.807, 2.05) is 25.1 Å². The normalized spacial score (nSPS) is 11.8. The maximum absolute atomic E-state index is 5.30. The minimum Gasteiger partial charge on any atom is -0.339 e. The van der Waals surface area contributed by atoms with Crippen LogP contribution in [-0.4, -0.2) is 22.2 Å². The second-order valence-electron chi connectivity index (χ2n) is 5.92. The molecule has 2 aromatic rings. The molecule has 1 aromatic heterocycles. The zero-order chi connectivity index (χ0) is 14.8. The molecule has 0 bridgehead atoms. The van der Waals surface area contributed by atoms with Crippen LogP contribution < -0.4 is 5.32 Å². The van der Waals surface area contributed by atoms with Crippen molar-refractivity contribution in [3.05, 3.63) is 34.1 Å². The second kappa shape index (κ2) is 6.06. The van der Waals surface area contributed by atoms with Crippen molar-refractivity contribution in [1.29, 1.82) is 0 Å². The molecule has 20 heavy (non-hydrogen) atoms. The van der Waals surface area contributed by atoms with E-state index < -0.39 is 0 Å². The summed E-state index contributed by atoms with van der Waals surface area (Å²) in [7, 11) is 0. The first-order valence-electron chi connectivity index (χ1n) is 6.69. The van der Waals surface area contributed by atoms with Crippen LogP contribution in [0, 0.1) is 6.92 Å². The molecule has 0 amide bonds. The summed E-state index contributed by atoms with van der Waals surface area (Å²) in [5.74, 6) is 1.28. The highest BCUT2D eigenvalue weighted by molar-refractivity contribution is 9.10. The van der Waals surface area contributed by atoms with Crippen LogP contribution in [0.4, 0.5) is 0 Å². The summed E-state index contributed by atoms with van der Waals surface area (Å²) in [6.45, 7) is 9.27. The number of hydrogen-bond acceptors (Lipinski definition) is 4. The SMILES string of the molecule is Cc1ccc(-c2noc(CCNC(C)(C)C)n2)c(Br)c1. The van der Waals surface area contributed by atoms with Crippen molar-refractivity contribution in [2.24, 2.45) is 0 Å². The standard InChI is InChI=1S/C15H20BrN3O/c1-10-5-6-11(12(16)9-10)14-18-13(20-19-14)7-8-17-15(2,3)4/h5-6,9,17H,7-8H2,1-4H3. The number of nitrogens with zero attached hydrogens (tertiary/aromatic N) is 2. The van der Waals surface area contributed by atoms with Crippen LogP contribution in [0.3, 0.4) is 0 Å². The maximum atomic E-state index is 5.30. The van der Waals surface area contributed by atoms with Gasteiger partial charge >= 0.3 is 0 Å². The molecular weight excluding hydrogens is 318 g/mol. The molecule has 1 N–H and O–H groups in total. The lowest BCUT2D eigenvalue weighted by Gasteiger charge is -2.19. The Balaban J connectivity index is 2.05. The lowest BCUT2D eigenvalue weighted by Crippen LogP contribution is -2.37. The van der Waals surface area contributed by atoms with Gasteiger partial charge < -0.3 is 9.84 Å². The molecule has 0 aliphatic rings. The molecule has 2 rings (SSSR count). The highest BCUT2D eigenvalue weighted by atomic mass is 79.9. The van der Waals surface area contributed by atoms with E-state index in [0.29, 0.717) is 11.7 Å². The molecule has 0 atom stereocenters. The highest BCUT2D eigenvalue weighted by Crippen LogP contribution is 2.26. The Morgan fingerprint density at radius 1 is 1.30 bits per heavy atom. The van der Waals surface area contributed by atoms with Gasteiger partial charge in [-0.05, 0) is 45.4 Å². The van der Waals surface area contributed by atoms with E-state index in [9.17, 15) is 0 Å². The van der Waals surface area contributed by atoms with Gasteiger partial charge in [-0.1, -0.05) is 27.2 Å². The van der Waals surface area contributed by atoms with Crippen LogP contribution in [0.2, 0.25) is 0 Å². The molecule has 1 heterocycles. The minimum atomic E-state index is 0.100. The van der Waals surface area contributed by atoms with Gasteiger partial charge in [0.05, 0.1) is 0 Å². The molecule has 0 aliphatic carbocycles. The van der Waals surface area contributed by atoms with Gasteiger partial charge in [0, 0.05) is 28.5 Å². The largest absolute Gasteiger partial charge is 0.339 e. The van der Waals surface area contributed by atoms with Gasteiger partial charge in [0.15, 0.2) is 0 Å². The molecule has 4 nitrogen and oxygen atoms in total. The smallest absolute Gasteiger partial charge is 0.228 e. The Hall–Kier alpha value is -1.20. The molecule has 0 saturated carbocycles.